The van der Waals surface area contributed by atoms with Gasteiger partial charge in [-0.05, 0) is 50.2 Å². The highest BCUT2D eigenvalue weighted by atomic mass is 19.1. The van der Waals surface area contributed by atoms with Gasteiger partial charge in [-0.15, -0.1) is 0 Å². The fraction of sp³-hybridized carbons (Fsp3) is 0.273. The lowest BCUT2D eigenvalue weighted by atomic mass is 10.1. The number of aromatic nitrogens is 3. The molecule has 0 saturated carbocycles. The molecule has 0 bridgehead atoms. The molecule has 1 aliphatic rings. The number of aromatic amines is 1. The Labute approximate surface area is 166 Å². The molecule has 1 aliphatic heterocycles. The molecule has 0 unspecified atom stereocenters. The predicted molar refractivity (Wildman–Crippen MR) is 113 cm³/mol. The van der Waals surface area contributed by atoms with Crippen LogP contribution in [0.5, 0.6) is 0 Å². The number of hydrogen-bond donors (Lipinski definition) is 2. The summed E-state index contributed by atoms with van der Waals surface area (Å²) in [7, 11) is 0. The van der Waals surface area contributed by atoms with Crippen molar-refractivity contribution in [3.63, 3.8) is 0 Å². The molecule has 3 heterocycles. The van der Waals surface area contributed by atoms with Gasteiger partial charge in [-0.2, -0.15) is 0 Å². The van der Waals surface area contributed by atoms with E-state index in [1.54, 1.807) is 12.1 Å². The zero-order valence-corrected chi connectivity index (χ0v) is 16.0. The van der Waals surface area contributed by atoms with Gasteiger partial charge in [0.05, 0.1) is 16.7 Å². The summed E-state index contributed by atoms with van der Waals surface area (Å²) in [5, 5.41) is 7.89. The van der Waals surface area contributed by atoms with Gasteiger partial charge in [-0.3, -0.25) is 9.89 Å². The summed E-state index contributed by atoms with van der Waals surface area (Å²) in [6, 6.07) is 13.7. The summed E-state index contributed by atoms with van der Waals surface area (Å²) in [6.07, 6.45) is 2.49. The van der Waals surface area contributed by atoms with Crippen LogP contribution in [-0.2, 0) is 0 Å². The molecule has 148 valence electrons. The summed E-state index contributed by atoms with van der Waals surface area (Å²) in [4.78, 5) is 20.4. The molecule has 4 aromatic rings. The number of nitrogens with zero attached hydrogens (tertiary/aromatic N) is 3. The van der Waals surface area contributed by atoms with Crippen molar-refractivity contribution in [1.82, 2.24) is 19.7 Å². The Kier molecular flexibility index (Phi) is 4.52. The van der Waals surface area contributed by atoms with E-state index in [1.165, 1.54) is 29.7 Å². The summed E-state index contributed by atoms with van der Waals surface area (Å²) in [6.45, 7) is 3.88. The molecule has 1 fully saturated rings. The van der Waals surface area contributed by atoms with Crippen LogP contribution in [0, 0.1) is 5.82 Å². The van der Waals surface area contributed by atoms with Crippen LogP contribution < -0.4 is 10.9 Å². The highest BCUT2D eigenvalue weighted by Crippen LogP contribution is 2.26. The summed E-state index contributed by atoms with van der Waals surface area (Å²) in [5.74, 6) is 0.175. The molecular weight excluding hydrogens is 369 g/mol. The molecule has 0 atom stereocenters. The average Bonchev–Trinajstić information content (AvgIpc) is 3.36. The minimum absolute atomic E-state index is 0.243. The van der Waals surface area contributed by atoms with E-state index in [4.69, 9.17) is 4.98 Å². The number of anilines is 1. The summed E-state index contributed by atoms with van der Waals surface area (Å²) in [5.41, 5.74) is 1.72. The van der Waals surface area contributed by atoms with E-state index < -0.39 is 0 Å². The molecule has 2 aromatic heterocycles. The molecule has 1 saturated heterocycles. The number of rotatable bonds is 5. The molecule has 2 N–H and O–H groups in total. The molecule has 7 heteroatoms. The van der Waals surface area contributed by atoms with Crippen LogP contribution in [0.4, 0.5) is 10.2 Å². The Bertz CT molecular complexity index is 1240. The summed E-state index contributed by atoms with van der Waals surface area (Å²) >= 11 is 0. The van der Waals surface area contributed by atoms with Gasteiger partial charge in [0.1, 0.15) is 17.0 Å². The Morgan fingerprint density at radius 2 is 1.93 bits per heavy atom. The Balaban J connectivity index is 1.62. The van der Waals surface area contributed by atoms with Crippen molar-refractivity contribution < 1.29 is 4.39 Å². The minimum Gasteiger partial charge on any atom is -0.368 e. The number of fused-ring (bicyclic) bond motifs is 3. The fourth-order valence-electron chi connectivity index (χ4n) is 4.07. The number of para-hydroxylation sites is 1. The van der Waals surface area contributed by atoms with Crippen LogP contribution in [-0.4, -0.2) is 45.8 Å². The topological polar surface area (TPSA) is 66.0 Å². The van der Waals surface area contributed by atoms with E-state index in [9.17, 15) is 9.18 Å². The van der Waals surface area contributed by atoms with Crippen LogP contribution in [0.3, 0.4) is 0 Å². The first-order valence-corrected chi connectivity index (χ1v) is 9.96. The van der Waals surface area contributed by atoms with E-state index in [-0.39, 0.29) is 11.4 Å². The van der Waals surface area contributed by atoms with Crippen molar-refractivity contribution in [1.29, 1.82) is 0 Å². The lowest BCUT2D eigenvalue weighted by molar-refractivity contribution is 0.352. The van der Waals surface area contributed by atoms with Crippen molar-refractivity contribution in [3.05, 3.63) is 64.7 Å². The number of H-pyrrole nitrogens is 1. The number of halogens is 1. The predicted octanol–water partition coefficient (Wildman–Crippen LogP) is 3.51. The maximum atomic E-state index is 13.7. The summed E-state index contributed by atoms with van der Waals surface area (Å²) < 4.78 is 15.1. The van der Waals surface area contributed by atoms with E-state index in [1.807, 2.05) is 24.3 Å². The van der Waals surface area contributed by atoms with Crippen LogP contribution in [0.25, 0.3) is 27.5 Å². The van der Waals surface area contributed by atoms with Gasteiger partial charge >= 0.3 is 0 Å². The minimum atomic E-state index is -0.389. The van der Waals surface area contributed by atoms with Crippen LogP contribution in [0.15, 0.2) is 53.3 Å². The van der Waals surface area contributed by atoms with Gasteiger partial charge in [0.2, 0.25) is 0 Å². The molecular formula is C22H22FN5O. The number of hydrogen-bond acceptors (Lipinski definition) is 4. The van der Waals surface area contributed by atoms with Gasteiger partial charge < -0.3 is 10.2 Å². The van der Waals surface area contributed by atoms with E-state index in [0.29, 0.717) is 29.0 Å². The molecule has 0 radical (unpaired) electrons. The van der Waals surface area contributed by atoms with Crippen molar-refractivity contribution >= 4 is 27.6 Å². The lowest BCUT2D eigenvalue weighted by Gasteiger charge is -2.15. The number of benzene rings is 2. The molecule has 2 aromatic carbocycles. The zero-order chi connectivity index (χ0) is 19.8. The third-order valence-electron chi connectivity index (χ3n) is 5.52. The SMILES string of the molecule is O=c1c2c(NCCN3CCCC3)nc3ccccc3c2[nH]n1-c1cccc(F)c1. The third-order valence-corrected chi connectivity index (χ3v) is 5.52. The Morgan fingerprint density at radius 1 is 1.10 bits per heavy atom. The van der Waals surface area contributed by atoms with Crippen LogP contribution in [0.1, 0.15) is 12.8 Å². The van der Waals surface area contributed by atoms with E-state index >= 15 is 0 Å². The van der Waals surface area contributed by atoms with Gasteiger partial charge in [-0.25, -0.2) is 14.1 Å². The second-order valence-corrected chi connectivity index (χ2v) is 7.44. The first-order chi connectivity index (χ1) is 14.2. The zero-order valence-electron chi connectivity index (χ0n) is 16.0. The molecule has 6 nitrogen and oxygen atoms in total. The Morgan fingerprint density at radius 3 is 2.76 bits per heavy atom. The average molecular weight is 391 g/mol. The molecule has 0 amide bonds. The van der Waals surface area contributed by atoms with Crippen LogP contribution >= 0.6 is 0 Å². The van der Waals surface area contributed by atoms with Crippen molar-refractivity contribution in [3.8, 4) is 5.69 Å². The van der Waals surface area contributed by atoms with E-state index in [0.717, 1.165) is 30.5 Å². The van der Waals surface area contributed by atoms with Gasteiger partial charge in [0.25, 0.3) is 5.56 Å². The van der Waals surface area contributed by atoms with Gasteiger partial charge in [0, 0.05) is 18.5 Å². The Hall–Kier alpha value is -3.19. The second kappa shape index (κ2) is 7.33. The van der Waals surface area contributed by atoms with Gasteiger partial charge in [0.15, 0.2) is 0 Å². The number of likely N-dealkylation sites (tertiary alicyclic amines) is 1. The number of pyridine rings is 1. The number of nitrogens with one attached hydrogen (secondary N) is 2. The van der Waals surface area contributed by atoms with Crippen molar-refractivity contribution in [2.75, 3.05) is 31.5 Å². The van der Waals surface area contributed by atoms with E-state index in [2.05, 4.69) is 15.3 Å². The lowest BCUT2D eigenvalue weighted by Crippen LogP contribution is -2.26. The third kappa shape index (κ3) is 3.27. The quantitative estimate of drug-likeness (QED) is 0.546. The maximum Gasteiger partial charge on any atom is 0.282 e. The van der Waals surface area contributed by atoms with Crippen molar-refractivity contribution in [2.24, 2.45) is 0 Å². The highest BCUT2D eigenvalue weighted by molar-refractivity contribution is 6.07. The standard InChI is InChI=1S/C22H22FN5O/c23-15-6-5-7-16(14-15)28-22(29)19-20(26-28)17-8-1-2-9-18(17)25-21(19)24-10-13-27-11-3-4-12-27/h1-2,5-9,14,26H,3-4,10-13H2,(H,24,25). The largest absolute Gasteiger partial charge is 0.368 e. The first-order valence-electron chi connectivity index (χ1n) is 9.96. The first kappa shape index (κ1) is 17.9. The van der Waals surface area contributed by atoms with Crippen LogP contribution in [0.2, 0.25) is 0 Å². The normalized spacial score (nSPS) is 14.8. The molecule has 29 heavy (non-hydrogen) atoms. The van der Waals surface area contributed by atoms with Crippen molar-refractivity contribution in [2.45, 2.75) is 12.8 Å². The monoisotopic (exact) mass is 391 g/mol. The fourth-order valence-corrected chi connectivity index (χ4v) is 4.07. The molecule has 5 rings (SSSR count). The second-order valence-electron chi connectivity index (χ2n) is 7.44. The maximum absolute atomic E-state index is 13.7. The molecule has 0 aliphatic carbocycles. The molecule has 0 spiro atoms. The highest BCUT2D eigenvalue weighted by Gasteiger charge is 2.18. The smallest absolute Gasteiger partial charge is 0.282 e. The van der Waals surface area contributed by atoms with Gasteiger partial charge in [-0.1, -0.05) is 24.3 Å².